The van der Waals surface area contributed by atoms with E-state index in [9.17, 15) is 14.4 Å². The molecule has 3 amide bonds. The van der Waals surface area contributed by atoms with Crippen LogP contribution in [0.1, 0.15) is 33.8 Å². The summed E-state index contributed by atoms with van der Waals surface area (Å²) in [6.45, 7) is 5.03. The predicted molar refractivity (Wildman–Crippen MR) is 103 cm³/mol. The molecule has 3 aromatic heterocycles. The van der Waals surface area contributed by atoms with Crippen molar-refractivity contribution in [1.82, 2.24) is 24.3 Å². The maximum atomic E-state index is 13.1. The average molecular weight is 396 g/mol. The smallest absolute Gasteiger partial charge is 0.293 e. The lowest BCUT2D eigenvalue weighted by Gasteiger charge is -2.33. The number of aromatic nitrogens is 3. The monoisotopic (exact) mass is 396 g/mol. The van der Waals surface area contributed by atoms with Crippen molar-refractivity contribution in [3.63, 3.8) is 0 Å². The number of carbonyl (C=O) groups excluding carboxylic acids is 3. The van der Waals surface area contributed by atoms with Gasteiger partial charge in [-0.05, 0) is 19.1 Å². The van der Waals surface area contributed by atoms with Gasteiger partial charge < -0.3 is 19.6 Å². The highest BCUT2D eigenvalue weighted by Gasteiger charge is 2.28. The first kappa shape index (κ1) is 18.7. The minimum absolute atomic E-state index is 0.00779. The van der Waals surface area contributed by atoms with Crippen LogP contribution in [0.15, 0.2) is 35.0 Å². The van der Waals surface area contributed by atoms with Gasteiger partial charge in [0.1, 0.15) is 5.76 Å². The van der Waals surface area contributed by atoms with E-state index in [1.165, 1.54) is 6.92 Å². The highest BCUT2D eigenvalue weighted by molar-refractivity contribution is 6.05. The molecule has 1 saturated heterocycles. The van der Waals surface area contributed by atoms with Crippen LogP contribution in [0.25, 0.3) is 5.52 Å². The third kappa shape index (κ3) is 3.56. The zero-order valence-corrected chi connectivity index (χ0v) is 16.1. The number of amides is 3. The molecule has 0 aliphatic carbocycles. The fraction of sp³-hybridized carbons (Fsp3) is 0.316. The quantitative estimate of drug-likeness (QED) is 0.711. The number of hydrogen-bond acceptors (Lipinski definition) is 6. The number of aryl methyl sites for hydroxylation is 1. The van der Waals surface area contributed by atoms with Gasteiger partial charge in [-0.2, -0.15) is 0 Å². The van der Waals surface area contributed by atoms with Crippen LogP contribution >= 0.6 is 0 Å². The van der Waals surface area contributed by atoms with Crippen molar-refractivity contribution in [2.24, 2.45) is 0 Å². The molecular weight excluding hydrogens is 376 g/mol. The van der Waals surface area contributed by atoms with Gasteiger partial charge in [0.05, 0.1) is 5.52 Å². The second-order valence-corrected chi connectivity index (χ2v) is 6.82. The fourth-order valence-corrected chi connectivity index (χ4v) is 3.33. The van der Waals surface area contributed by atoms with E-state index in [4.69, 9.17) is 4.52 Å². The summed E-state index contributed by atoms with van der Waals surface area (Å²) in [4.78, 5) is 45.0. The number of piperazine rings is 1. The van der Waals surface area contributed by atoms with Crippen LogP contribution < -0.4 is 5.32 Å². The molecule has 0 atom stereocenters. The Bertz CT molecular complexity index is 1090. The van der Waals surface area contributed by atoms with Crippen molar-refractivity contribution in [1.29, 1.82) is 0 Å². The molecule has 1 fully saturated rings. The predicted octanol–water partition coefficient (Wildman–Crippen LogP) is 1.19. The number of carbonyl (C=O) groups is 3. The second kappa shape index (κ2) is 7.38. The number of imidazole rings is 1. The van der Waals surface area contributed by atoms with Crippen LogP contribution in [-0.2, 0) is 4.79 Å². The van der Waals surface area contributed by atoms with E-state index in [1.807, 2.05) is 0 Å². The Morgan fingerprint density at radius 2 is 1.83 bits per heavy atom. The van der Waals surface area contributed by atoms with Gasteiger partial charge in [-0.25, -0.2) is 4.98 Å². The van der Waals surface area contributed by atoms with E-state index >= 15 is 0 Å². The van der Waals surface area contributed by atoms with Crippen molar-refractivity contribution in [2.45, 2.75) is 13.8 Å². The highest BCUT2D eigenvalue weighted by Crippen LogP contribution is 2.18. The number of hydrogen-bond donors (Lipinski definition) is 1. The molecule has 1 N–H and O–H groups in total. The van der Waals surface area contributed by atoms with E-state index in [-0.39, 0.29) is 29.2 Å². The number of pyridine rings is 1. The van der Waals surface area contributed by atoms with Crippen molar-refractivity contribution >= 4 is 29.1 Å². The first-order valence-electron chi connectivity index (χ1n) is 9.20. The summed E-state index contributed by atoms with van der Waals surface area (Å²) >= 11 is 0. The highest BCUT2D eigenvalue weighted by atomic mass is 16.5. The molecular formula is C19H20N6O4. The maximum absolute atomic E-state index is 13.1. The Morgan fingerprint density at radius 1 is 1.10 bits per heavy atom. The van der Waals surface area contributed by atoms with Crippen molar-refractivity contribution in [2.75, 3.05) is 31.5 Å². The summed E-state index contributed by atoms with van der Waals surface area (Å²) in [5, 5.41) is 6.37. The zero-order chi connectivity index (χ0) is 20.5. The summed E-state index contributed by atoms with van der Waals surface area (Å²) in [5.41, 5.74) is 0.733. The molecule has 0 aromatic carbocycles. The van der Waals surface area contributed by atoms with Crippen molar-refractivity contribution in [3.05, 3.63) is 47.7 Å². The van der Waals surface area contributed by atoms with Gasteiger partial charge in [0, 0.05) is 45.4 Å². The van der Waals surface area contributed by atoms with Gasteiger partial charge in [0.25, 0.3) is 11.8 Å². The van der Waals surface area contributed by atoms with Crippen LogP contribution in [0.2, 0.25) is 0 Å². The largest absolute Gasteiger partial charge is 0.360 e. The van der Waals surface area contributed by atoms with E-state index < -0.39 is 5.91 Å². The topological polar surface area (TPSA) is 113 Å². The SMILES string of the molecule is CC(=O)N1CCN(C(=O)c2nc(C(=O)Nc3cc(C)on3)n3ccccc23)CC1. The lowest BCUT2D eigenvalue weighted by molar-refractivity contribution is -0.130. The van der Waals surface area contributed by atoms with E-state index in [1.54, 1.807) is 51.6 Å². The first-order chi connectivity index (χ1) is 13.9. The Balaban J connectivity index is 1.61. The molecule has 29 heavy (non-hydrogen) atoms. The standard InChI is InChI=1S/C19H20N6O4/c1-12-11-15(22-29-12)20-18(27)17-21-16(14-5-3-4-6-25(14)17)19(28)24-9-7-23(8-10-24)13(2)26/h3-6,11H,7-10H2,1-2H3,(H,20,22,27). The molecule has 0 radical (unpaired) electrons. The van der Waals surface area contributed by atoms with Crippen LogP contribution in [0.5, 0.6) is 0 Å². The molecule has 10 heteroatoms. The Morgan fingerprint density at radius 3 is 2.48 bits per heavy atom. The third-order valence-corrected chi connectivity index (χ3v) is 4.84. The number of nitrogens with one attached hydrogen (secondary N) is 1. The normalized spacial score (nSPS) is 14.3. The molecule has 0 saturated carbocycles. The number of nitrogens with zero attached hydrogens (tertiary/aromatic N) is 5. The zero-order valence-electron chi connectivity index (χ0n) is 16.1. The molecule has 1 aliphatic heterocycles. The molecule has 1 aliphatic rings. The number of anilines is 1. The summed E-state index contributed by atoms with van der Waals surface area (Å²) in [6, 6.07) is 6.87. The molecule has 4 rings (SSSR count). The molecule has 0 bridgehead atoms. The van der Waals surface area contributed by atoms with Crippen molar-refractivity contribution in [3.8, 4) is 0 Å². The Hall–Kier alpha value is -3.69. The van der Waals surface area contributed by atoms with E-state index in [0.29, 0.717) is 37.5 Å². The van der Waals surface area contributed by atoms with Crippen LogP contribution in [-0.4, -0.2) is 68.2 Å². The maximum Gasteiger partial charge on any atom is 0.293 e. The lowest BCUT2D eigenvalue weighted by Crippen LogP contribution is -2.50. The second-order valence-electron chi connectivity index (χ2n) is 6.82. The van der Waals surface area contributed by atoms with E-state index in [0.717, 1.165) is 0 Å². The summed E-state index contributed by atoms with van der Waals surface area (Å²) < 4.78 is 6.53. The minimum Gasteiger partial charge on any atom is -0.360 e. The van der Waals surface area contributed by atoms with Crippen LogP contribution in [0, 0.1) is 6.92 Å². The third-order valence-electron chi connectivity index (χ3n) is 4.84. The molecule has 0 unspecified atom stereocenters. The first-order valence-corrected chi connectivity index (χ1v) is 9.20. The van der Waals surface area contributed by atoms with Gasteiger partial charge in [0.15, 0.2) is 11.5 Å². The van der Waals surface area contributed by atoms with E-state index in [2.05, 4.69) is 15.5 Å². The van der Waals surface area contributed by atoms with Crippen LogP contribution in [0.3, 0.4) is 0 Å². The molecule has 4 heterocycles. The summed E-state index contributed by atoms with van der Waals surface area (Å²) in [5.74, 6) is 0.133. The molecule has 3 aromatic rings. The summed E-state index contributed by atoms with van der Waals surface area (Å²) in [7, 11) is 0. The van der Waals surface area contributed by atoms with Gasteiger partial charge in [-0.1, -0.05) is 11.2 Å². The van der Waals surface area contributed by atoms with Gasteiger partial charge in [-0.15, -0.1) is 0 Å². The molecule has 0 spiro atoms. The minimum atomic E-state index is -0.500. The van der Waals surface area contributed by atoms with Crippen molar-refractivity contribution < 1.29 is 18.9 Å². The molecule has 150 valence electrons. The molecule has 10 nitrogen and oxygen atoms in total. The lowest BCUT2D eigenvalue weighted by atomic mass is 10.2. The summed E-state index contributed by atoms with van der Waals surface area (Å²) in [6.07, 6.45) is 1.68. The number of fused-ring (bicyclic) bond motifs is 1. The number of rotatable bonds is 3. The average Bonchev–Trinajstić information content (AvgIpc) is 3.31. The Labute approximate surface area is 166 Å². The van der Waals surface area contributed by atoms with Gasteiger partial charge >= 0.3 is 0 Å². The fourth-order valence-electron chi connectivity index (χ4n) is 3.33. The van der Waals surface area contributed by atoms with Crippen LogP contribution in [0.4, 0.5) is 5.82 Å². The Kier molecular flexibility index (Phi) is 4.75. The van der Waals surface area contributed by atoms with Gasteiger partial charge in [-0.3, -0.25) is 18.8 Å². The van der Waals surface area contributed by atoms with Gasteiger partial charge in [0.2, 0.25) is 11.7 Å².